The maximum atomic E-state index is 9.61. The molecule has 1 unspecified atom stereocenters. The van der Waals surface area contributed by atoms with Crippen LogP contribution < -0.4 is 11.1 Å². The fraction of sp³-hybridized carbons (Fsp3) is 0.667. The van der Waals surface area contributed by atoms with Crippen LogP contribution in [-0.4, -0.2) is 27.5 Å². The van der Waals surface area contributed by atoms with Crippen molar-refractivity contribution in [2.45, 2.75) is 18.9 Å². The number of nitrogens with zero attached hydrogens (tertiary/aromatic N) is 2. The molecule has 1 fully saturated rings. The third-order valence-electron chi connectivity index (χ3n) is 2.50. The van der Waals surface area contributed by atoms with E-state index in [4.69, 9.17) is 5.73 Å². The Morgan fingerprint density at radius 3 is 3.00 bits per heavy atom. The molecule has 1 aliphatic rings. The summed E-state index contributed by atoms with van der Waals surface area (Å²) in [6, 6.07) is 0. The van der Waals surface area contributed by atoms with E-state index in [0.29, 0.717) is 24.0 Å². The zero-order chi connectivity index (χ0) is 10.1. The van der Waals surface area contributed by atoms with Crippen molar-refractivity contribution in [1.29, 1.82) is 0 Å². The van der Waals surface area contributed by atoms with Crippen LogP contribution in [0.5, 0.6) is 0 Å². The molecule has 5 nitrogen and oxygen atoms in total. The molecular formula is C9H16N4O. The summed E-state index contributed by atoms with van der Waals surface area (Å²) in [7, 11) is 1.82. The van der Waals surface area contributed by atoms with Crippen molar-refractivity contribution >= 4 is 11.5 Å². The molecule has 1 saturated carbocycles. The Morgan fingerprint density at radius 2 is 2.50 bits per heavy atom. The van der Waals surface area contributed by atoms with E-state index in [-0.39, 0.29) is 6.10 Å². The predicted octanol–water partition coefficient (Wildman–Crippen LogP) is 0.185. The average Bonchev–Trinajstić information content (AvgIpc) is 2.90. The van der Waals surface area contributed by atoms with Gasteiger partial charge in [0, 0.05) is 19.8 Å². The van der Waals surface area contributed by atoms with Crippen molar-refractivity contribution in [3.05, 3.63) is 6.20 Å². The number of hydrogen-bond acceptors (Lipinski definition) is 4. The summed E-state index contributed by atoms with van der Waals surface area (Å²) in [5, 5.41) is 16.8. The van der Waals surface area contributed by atoms with Crippen molar-refractivity contribution in [1.82, 2.24) is 9.78 Å². The van der Waals surface area contributed by atoms with Crippen LogP contribution in [0.25, 0.3) is 0 Å². The molecule has 1 heterocycles. The van der Waals surface area contributed by atoms with Crippen LogP contribution in [-0.2, 0) is 7.05 Å². The van der Waals surface area contributed by atoms with Crippen molar-refractivity contribution in [3.63, 3.8) is 0 Å². The van der Waals surface area contributed by atoms with Gasteiger partial charge in [0.25, 0.3) is 0 Å². The van der Waals surface area contributed by atoms with Gasteiger partial charge in [-0.1, -0.05) is 0 Å². The summed E-state index contributed by atoms with van der Waals surface area (Å²) >= 11 is 0. The molecule has 1 atom stereocenters. The van der Waals surface area contributed by atoms with Gasteiger partial charge in [0.2, 0.25) is 0 Å². The lowest BCUT2D eigenvalue weighted by Crippen LogP contribution is -2.21. The minimum atomic E-state index is -0.267. The average molecular weight is 196 g/mol. The predicted molar refractivity (Wildman–Crippen MR) is 54.8 cm³/mol. The molecule has 4 N–H and O–H groups in total. The lowest BCUT2D eigenvalue weighted by molar-refractivity contribution is 0.164. The SMILES string of the molecule is Cn1cc(N)c(NCC(O)C2CC2)n1. The lowest BCUT2D eigenvalue weighted by atomic mass is 10.2. The molecule has 0 bridgehead atoms. The largest absolute Gasteiger partial charge is 0.394 e. The molecule has 0 aliphatic heterocycles. The van der Waals surface area contributed by atoms with E-state index >= 15 is 0 Å². The summed E-state index contributed by atoms with van der Waals surface area (Å²) < 4.78 is 1.65. The van der Waals surface area contributed by atoms with Crippen molar-refractivity contribution in [3.8, 4) is 0 Å². The minimum Gasteiger partial charge on any atom is -0.394 e. The molecule has 1 aromatic heterocycles. The second kappa shape index (κ2) is 3.49. The number of hydrogen-bond donors (Lipinski definition) is 3. The Hall–Kier alpha value is -1.23. The van der Waals surface area contributed by atoms with E-state index in [0.717, 1.165) is 12.8 Å². The summed E-state index contributed by atoms with van der Waals surface area (Å²) in [5.74, 6) is 1.14. The van der Waals surface area contributed by atoms with Gasteiger partial charge in [-0.15, -0.1) is 0 Å². The van der Waals surface area contributed by atoms with E-state index < -0.39 is 0 Å². The van der Waals surface area contributed by atoms with Crippen molar-refractivity contribution in [2.75, 3.05) is 17.6 Å². The van der Waals surface area contributed by atoms with Crippen LogP contribution in [0, 0.1) is 5.92 Å². The van der Waals surface area contributed by atoms with Gasteiger partial charge in [-0.3, -0.25) is 4.68 Å². The van der Waals surface area contributed by atoms with E-state index in [1.807, 2.05) is 7.05 Å². The van der Waals surface area contributed by atoms with Crippen molar-refractivity contribution in [2.24, 2.45) is 13.0 Å². The zero-order valence-electron chi connectivity index (χ0n) is 8.27. The van der Waals surface area contributed by atoms with E-state index in [1.165, 1.54) is 0 Å². The zero-order valence-corrected chi connectivity index (χ0v) is 8.27. The van der Waals surface area contributed by atoms with E-state index in [1.54, 1.807) is 10.9 Å². The molecule has 0 saturated heterocycles. The summed E-state index contributed by atoms with van der Waals surface area (Å²) in [6.07, 6.45) is 3.75. The Bertz CT molecular complexity index is 319. The molecule has 0 spiro atoms. The molecule has 2 rings (SSSR count). The van der Waals surface area contributed by atoms with Crippen LogP contribution in [0.2, 0.25) is 0 Å². The molecule has 0 radical (unpaired) electrons. The van der Waals surface area contributed by atoms with Crippen LogP contribution in [0.15, 0.2) is 6.20 Å². The number of aliphatic hydroxyl groups excluding tert-OH is 1. The van der Waals surface area contributed by atoms with Gasteiger partial charge in [-0.25, -0.2) is 0 Å². The van der Waals surface area contributed by atoms with Gasteiger partial charge in [-0.05, 0) is 18.8 Å². The normalized spacial score (nSPS) is 18.1. The van der Waals surface area contributed by atoms with Gasteiger partial charge in [-0.2, -0.15) is 5.10 Å². The molecule has 0 aromatic carbocycles. The maximum absolute atomic E-state index is 9.61. The van der Waals surface area contributed by atoms with Gasteiger partial charge in [0.15, 0.2) is 5.82 Å². The van der Waals surface area contributed by atoms with Crippen LogP contribution in [0.3, 0.4) is 0 Å². The highest BCUT2D eigenvalue weighted by atomic mass is 16.3. The molecule has 0 amide bonds. The van der Waals surface area contributed by atoms with Gasteiger partial charge in [0.1, 0.15) is 0 Å². The third kappa shape index (κ3) is 1.98. The highest BCUT2D eigenvalue weighted by Crippen LogP contribution is 2.32. The van der Waals surface area contributed by atoms with E-state index in [2.05, 4.69) is 10.4 Å². The third-order valence-corrected chi connectivity index (χ3v) is 2.50. The number of nitrogens with two attached hydrogens (primary N) is 1. The molecule has 78 valence electrons. The Morgan fingerprint density at radius 1 is 1.79 bits per heavy atom. The summed E-state index contributed by atoms with van der Waals surface area (Å²) in [4.78, 5) is 0. The number of aromatic nitrogens is 2. The van der Waals surface area contributed by atoms with Crippen LogP contribution >= 0.6 is 0 Å². The number of rotatable bonds is 4. The smallest absolute Gasteiger partial charge is 0.171 e. The lowest BCUT2D eigenvalue weighted by Gasteiger charge is -2.09. The fourth-order valence-electron chi connectivity index (χ4n) is 1.49. The standard InChI is InChI=1S/C9H16N4O/c1-13-5-7(10)9(12-13)11-4-8(14)6-2-3-6/h5-6,8,14H,2-4,10H2,1H3,(H,11,12). The van der Waals surface area contributed by atoms with Gasteiger partial charge >= 0.3 is 0 Å². The van der Waals surface area contributed by atoms with Crippen LogP contribution in [0.4, 0.5) is 11.5 Å². The second-order valence-electron chi connectivity index (χ2n) is 3.89. The minimum absolute atomic E-state index is 0.267. The first-order valence-corrected chi connectivity index (χ1v) is 4.88. The first kappa shape index (κ1) is 9.33. The molecule has 1 aromatic rings. The quantitative estimate of drug-likeness (QED) is 0.642. The Balaban J connectivity index is 1.87. The van der Waals surface area contributed by atoms with Crippen molar-refractivity contribution < 1.29 is 5.11 Å². The molecular weight excluding hydrogens is 180 g/mol. The molecule has 14 heavy (non-hydrogen) atoms. The Labute approximate surface area is 82.9 Å². The topological polar surface area (TPSA) is 76.1 Å². The first-order chi connectivity index (χ1) is 6.66. The number of nitrogens with one attached hydrogen (secondary N) is 1. The maximum Gasteiger partial charge on any atom is 0.171 e. The number of nitrogen functional groups attached to an aromatic ring is 1. The van der Waals surface area contributed by atoms with E-state index in [9.17, 15) is 5.11 Å². The summed E-state index contributed by atoms with van der Waals surface area (Å²) in [6.45, 7) is 0.534. The van der Waals surface area contributed by atoms with Gasteiger partial charge < -0.3 is 16.2 Å². The number of aryl methyl sites for hydroxylation is 1. The molecule has 5 heteroatoms. The van der Waals surface area contributed by atoms with Crippen LogP contribution in [0.1, 0.15) is 12.8 Å². The monoisotopic (exact) mass is 196 g/mol. The first-order valence-electron chi connectivity index (χ1n) is 4.88. The fourth-order valence-corrected chi connectivity index (χ4v) is 1.49. The van der Waals surface area contributed by atoms with Gasteiger partial charge in [0.05, 0.1) is 11.8 Å². The molecule has 1 aliphatic carbocycles. The highest BCUT2D eigenvalue weighted by Gasteiger charge is 2.29. The highest BCUT2D eigenvalue weighted by molar-refractivity contribution is 5.59. The Kier molecular flexibility index (Phi) is 2.33. The number of anilines is 2. The summed E-state index contributed by atoms with van der Waals surface area (Å²) in [5.41, 5.74) is 6.31. The number of aliphatic hydroxyl groups is 1. The second-order valence-corrected chi connectivity index (χ2v) is 3.89.